The number of rotatable bonds is 6. The van der Waals surface area contributed by atoms with Crippen molar-refractivity contribution in [3.63, 3.8) is 0 Å². The third-order valence-corrected chi connectivity index (χ3v) is 1.78. The lowest BCUT2D eigenvalue weighted by atomic mass is 10.2. The fourth-order valence-electron chi connectivity index (χ4n) is 1.00. The molecule has 0 aliphatic carbocycles. The molecule has 0 aromatic carbocycles. The van der Waals surface area contributed by atoms with Crippen molar-refractivity contribution in [2.24, 2.45) is 0 Å². The largest absolute Gasteiger partial charge is 0.468 e. The molecule has 0 fully saturated rings. The zero-order valence-corrected chi connectivity index (χ0v) is 8.30. The number of esters is 1. The molecule has 0 amide bonds. The minimum atomic E-state index is -0.205. The van der Waals surface area contributed by atoms with Crippen LogP contribution in [-0.4, -0.2) is 25.7 Å². The van der Waals surface area contributed by atoms with Gasteiger partial charge in [0, 0.05) is 6.42 Å². The highest BCUT2D eigenvalue weighted by Gasteiger charge is 2.14. The van der Waals surface area contributed by atoms with Crippen LogP contribution in [0.15, 0.2) is 0 Å². The van der Waals surface area contributed by atoms with Crippen LogP contribution in [0.25, 0.3) is 0 Å². The summed E-state index contributed by atoms with van der Waals surface area (Å²) in [5.74, 6) is 2.34. The molecule has 0 bridgehead atoms. The van der Waals surface area contributed by atoms with E-state index in [9.17, 15) is 4.79 Å². The molecule has 0 aromatic heterocycles. The van der Waals surface area contributed by atoms with Crippen LogP contribution < -0.4 is 5.32 Å². The van der Waals surface area contributed by atoms with Crippen LogP contribution in [0.1, 0.15) is 26.2 Å². The lowest BCUT2D eigenvalue weighted by Crippen LogP contribution is -2.37. The molecule has 3 nitrogen and oxygen atoms in total. The molecular formula is C10H17NO2. The van der Waals surface area contributed by atoms with E-state index in [1.165, 1.54) is 7.11 Å². The number of terminal acetylenes is 1. The second-order valence-corrected chi connectivity index (χ2v) is 2.75. The highest BCUT2D eigenvalue weighted by Crippen LogP contribution is 1.94. The first-order valence-electron chi connectivity index (χ1n) is 4.50. The van der Waals surface area contributed by atoms with Gasteiger partial charge < -0.3 is 10.1 Å². The van der Waals surface area contributed by atoms with Gasteiger partial charge in [-0.05, 0) is 19.4 Å². The van der Waals surface area contributed by atoms with Gasteiger partial charge in [-0.3, -0.25) is 4.79 Å². The number of carbonyl (C=O) groups excluding carboxylic acids is 1. The summed E-state index contributed by atoms with van der Waals surface area (Å²) in [6, 6.07) is -0.192. The number of hydrogen-bond acceptors (Lipinski definition) is 3. The van der Waals surface area contributed by atoms with Crippen LogP contribution in [-0.2, 0) is 9.53 Å². The fourth-order valence-corrected chi connectivity index (χ4v) is 1.00. The van der Waals surface area contributed by atoms with Crippen molar-refractivity contribution in [3.8, 4) is 12.3 Å². The third kappa shape index (κ3) is 5.26. The summed E-state index contributed by atoms with van der Waals surface area (Å²) in [4.78, 5) is 11.1. The van der Waals surface area contributed by atoms with Gasteiger partial charge in [-0.25, -0.2) is 0 Å². The first-order valence-corrected chi connectivity index (χ1v) is 4.50. The van der Waals surface area contributed by atoms with Gasteiger partial charge in [-0.1, -0.05) is 6.92 Å². The molecule has 1 N–H and O–H groups in total. The molecule has 74 valence electrons. The highest BCUT2D eigenvalue weighted by molar-refractivity contribution is 5.75. The summed E-state index contributed by atoms with van der Waals surface area (Å²) in [7, 11) is 1.40. The lowest BCUT2D eigenvalue weighted by Gasteiger charge is -2.13. The zero-order chi connectivity index (χ0) is 10.1. The van der Waals surface area contributed by atoms with Crippen LogP contribution in [0.5, 0.6) is 0 Å². The zero-order valence-electron chi connectivity index (χ0n) is 8.30. The minimum absolute atomic E-state index is 0.192. The van der Waals surface area contributed by atoms with E-state index in [1.807, 2.05) is 6.92 Å². The second kappa shape index (κ2) is 7.63. The molecule has 0 rings (SSSR count). The van der Waals surface area contributed by atoms with Crippen LogP contribution in [0.2, 0.25) is 0 Å². The fraction of sp³-hybridized carbons (Fsp3) is 0.700. The van der Waals surface area contributed by atoms with Crippen LogP contribution >= 0.6 is 0 Å². The normalized spacial score (nSPS) is 11.8. The van der Waals surface area contributed by atoms with E-state index in [2.05, 4.69) is 16.0 Å². The Morgan fingerprint density at radius 1 is 1.69 bits per heavy atom. The van der Waals surface area contributed by atoms with E-state index in [0.29, 0.717) is 0 Å². The number of unbranched alkanes of at least 4 members (excludes halogenated alkanes) is 1. The summed E-state index contributed by atoms with van der Waals surface area (Å²) in [6.07, 6.45) is 7.47. The van der Waals surface area contributed by atoms with E-state index in [4.69, 9.17) is 6.42 Å². The molecule has 1 unspecified atom stereocenters. The summed E-state index contributed by atoms with van der Waals surface area (Å²) in [6.45, 7) is 2.70. The Kier molecular flexibility index (Phi) is 7.04. The monoisotopic (exact) mass is 183 g/mol. The van der Waals surface area contributed by atoms with E-state index in [0.717, 1.165) is 25.8 Å². The van der Waals surface area contributed by atoms with Crippen molar-refractivity contribution in [3.05, 3.63) is 0 Å². The smallest absolute Gasteiger partial charge is 0.322 e. The molecule has 3 heteroatoms. The molecule has 0 saturated carbocycles. The van der Waals surface area contributed by atoms with Crippen LogP contribution in [0.3, 0.4) is 0 Å². The maximum atomic E-state index is 11.1. The Hall–Kier alpha value is -1.01. The van der Waals surface area contributed by atoms with Crippen molar-refractivity contribution < 1.29 is 9.53 Å². The Morgan fingerprint density at radius 2 is 2.38 bits per heavy atom. The standard InChI is InChI=1S/C10H17NO2/c1-4-6-7-8-11-9(5-2)10(12)13-3/h1,9,11H,5-8H2,2-3H3. The van der Waals surface area contributed by atoms with E-state index < -0.39 is 0 Å². The third-order valence-electron chi connectivity index (χ3n) is 1.78. The van der Waals surface area contributed by atoms with Gasteiger partial charge in [0.2, 0.25) is 0 Å². The number of methoxy groups -OCH3 is 1. The first-order chi connectivity index (χ1) is 6.26. The van der Waals surface area contributed by atoms with Gasteiger partial charge in [0.15, 0.2) is 0 Å². The Balaban J connectivity index is 3.61. The maximum absolute atomic E-state index is 11.1. The number of nitrogens with one attached hydrogen (secondary N) is 1. The predicted octanol–water partition coefficient (Wildman–Crippen LogP) is 0.941. The number of hydrogen-bond donors (Lipinski definition) is 1. The SMILES string of the molecule is C#CCCCNC(CC)C(=O)OC. The maximum Gasteiger partial charge on any atom is 0.322 e. The average molecular weight is 183 g/mol. The van der Waals surface area contributed by atoms with E-state index in [-0.39, 0.29) is 12.0 Å². The summed E-state index contributed by atoms with van der Waals surface area (Å²) >= 11 is 0. The molecule has 0 saturated heterocycles. The molecule has 0 aliphatic heterocycles. The van der Waals surface area contributed by atoms with Crippen molar-refractivity contribution in [1.29, 1.82) is 0 Å². The van der Waals surface area contributed by atoms with E-state index >= 15 is 0 Å². The van der Waals surface area contributed by atoms with E-state index in [1.54, 1.807) is 0 Å². The van der Waals surface area contributed by atoms with Gasteiger partial charge in [-0.2, -0.15) is 0 Å². The lowest BCUT2D eigenvalue weighted by molar-refractivity contribution is -0.143. The molecule has 0 aromatic rings. The number of carbonyl (C=O) groups is 1. The highest BCUT2D eigenvalue weighted by atomic mass is 16.5. The molecule has 0 spiro atoms. The van der Waals surface area contributed by atoms with Gasteiger partial charge in [0.05, 0.1) is 7.11 Å². The predicted molar refractivity (Wildman–Crippen MR) is 52.2 cm³/mol. The average Bonchev–Trinajstić information content (AvgIpc) is 2.17. The molecule has 0 heterocycles. The first kappa shape index (κ1) is 12.0. The molecule has 1 atom stereocenters. The summed E-state index contributed by atoms with van der Waals surface area (Å²) in [5, 5.41) is 3.08. The van der Waals surface area contributed by atoms with Crippen molar-refractivity contribution in [2.75, 3.05) is 13.7 Å². The van der Waals surface area contributed by atoms with Crippen molar-refractivity contribution in [1.82, 2.24) is 5.32 Å². The Bertz CT molecular complexity index is 184. The molecule has 13 heavy (non-hydrogen) atoms. The van der Waals surface area contributed by atoms with Crippen molar-refractivity contribution in [2.45, 2.75) is 32.2 Å². The minimum Gasteiger partial charge on any atom is -0.468 e. The molecule has 0 aliphatic rings. The topological polar surface area (TPSA) is 38.3 Å². The van der Waals surface area contributed by atoms with Gasteiger partial charge >= 0.3 is 5.97 Å². The van der Waals surface area contributed by atoms with Crippen LogP contribution in [0, 0.1) is 12.3 Å². The summed E-state index contributed by atoms with van der Waals surface area (Å²) < 4.78 is 4.62. The molecular weight excluding hydrogens is 166 g/mol. The van der Waals surface area contributed by atoms with Gasteiger partial charge in [0.1, 0.15) is 6.04 Å². The Morgan fingerprint density at radius 3 is 2.85 bits per heavy atom. The van der Waals surface area contributed by atoms with Gasteiger partial charge in [0.25, 0.3) is 0 Å². The number of ether oxygens (including phenoxy) is 1. The Labute approximate surface area is 79.8 Å². The molecule has 0 radical (unpaired) electrons. The van der Waals surface area contributed by atoms with Gasteiger partial charge in [-0.15, -0.1) is 12.3 Å². The van der Waals surface area contributed by atoms with Crippen molar-refractivity contribution >= 4 is 5.97 Å². The quantitative estimate of drug-likeness (QED) is 0.378. The summed E-state index contributed by atoms with van der Waals surface area (Å²) in [5.41, 5.74) is 0. The van der Waals surface area contributed by atoms with Crippen LogP contribution in [0.4, 0.5) is 0 Å². The second-order valence-electron chi connectivity index (χ2n) is 2.75.